The number of anilines is 1. The average Bonchev–Trinajstić information content (AvgIpc) is 2.86. The predicted octanol–water partition coefficient (Wildman–Crippen LogP) is 3.38. The second-order valence-electron chi connectivity index (χ2n) is 8.69. The summed E-state index contributed by atoms with van der Waals surface area (Å²) < 4.78 is 5.34. The van der Waals surface area contributed by atoms with E-state index in [0.717, 1.165) is 12.1 Å². The maximum absolute atomic E-state index is 12.7. The second-order valence-corrected chi connectivity index (χ2v) is 8.69. The number of ether oxygens (including phenoxy) is 1. The molecule has 138 valence electrons. The molecule has 1 heterocycles. The second kappa shape index (κ2) is 7.06. The number of carbonyl (C=O) groups excluding carboxylic acids is 2. The maximum atomic E-state index is 12.7. The highest BCUT2D eigenvalue weighted by molar-refractivity contribution is 6.01. The molecule has 0 bridgehead atoms. The molecule has 0 spiro atoms. The number of hydrogen-bond acceptors (Lipinski definition) is 3. The SMILES string of the molecule is COc1ccccc1N1CC(C(=O)NC(C)(C)CC(C)(C)C)CC1=O. The van der Waals surface area contributed by atoms with E-state index in [1.165, 1.54) is 0 Å². The highest BCUT2D eigenvalue weighted by Crippen LogP contribution is 2.33. The molecule has 0 saturated carbocycles. The highest BCUT2D eigenvalue weighted by atomic mass is 16.5. The predicted molar refractivity (Wildman–Crippen MR) is 99.7 cm³/mol. The van der Waals surface area contributed by atoms with Crippen LogP contribution in [0.5, 0.6) is 5.75 Å². The molecule has 1 fully saturated rings. The number of nitrogens with one attached hydrogen (secondary N) is 1. The standard InChI is InChI=1S/C20H30N2O3/c1-19(2,3)13-20(4,5)21-18(24)14-11-17(23)22(12-14)15-9-7-8-10-16(15)25-6/h7-10,14H,11-13H2,1-6H3,(H,21,24). The number of carbonyl (C=O) groups is 2. The van der Waals surface area contributed by atoms with Crippen LogP contribution in [0.25, 0.3) is 0 Å². The van der Waals surface area contributed by atoms with E-state index in [-0.39, 0.29) is 35.1 Å². The van der Waals surface area contributed by atoms with Gasteiger partial charge in [-0.15, -0.1) is 0 Å². The Kier molecular flexibility index (Phi) is 5.45. The average molecular weight is 346 g/mol. The van der Waals surface area contributed by atoms with Gasteiger partial charge in [0.2, 0.25) is 11.8 Å². The van der Waals surface area contributed by atoms with Crippen molar-refractivity contribution >= 4 is 17.5 Å². The summed E-state index contributed by atoms with van der Waals surface area (Å²) in [6, 6.07) is 7.40. The fourth-order valence-corrected chi connectivity index (χ4v) is 3.77. The molecule has 2 rings (SSSR count). The van der Waals surface area contributed by atoms with Crippen LogP contribution in [0.2, 0.25) is 0 Å². The molecule has 1 aliphatic heterocycles. The third-order valence-corrected chi connectivity index (χ3v) is 4.31. The lowest BCUT2D eigenvalue weighted by Gasteiger charge is -2.34. The quantitative estimate of drug-likeness (QED) is 0.889. The van der Waals surface area contributed by atoms with Gasteiger partial charge in [0.25, 0.3) is 0 Å². The van der Waals surface area contributed by atoms with Crippen LogP contribution in [-0.4, -0.2) is 31.0 Å². The van der Waals surface area contributed by atoms with Crippen molar-refractivity contribution in [2.45, 2.75) is 53.0 Å². The summed E-state index contributed by atoms with van der Waals surface area (Å²) in [5, 5.41) is 3.13. The number of rotatable bonds is 5. The van der Waals surface area contributed by atoms with Gasteiger partial charge in [-0.25, -0.2) is 0 Å². The Balaban J connectivity index is 2.08. The van der Waals surface area contributed by atoms with E-state index in [2.05, 4.69) is 26.1 Å². The van der Waals surface area contributed by atoms with Gasteiger partial charge in [0.15, 0.2) is 0 Å². The van der Waals surface area contributed by atoms with Crippen molar-refractivity contribution in [2.75, 3.05) is 18.6 Å². The maximum Gasteiger partial charge on any atom is 0.227 e. The molecule has 0 aromatic heterocycles. The fraction of sp³-hybridized carbons (Fsp3) is 0.600. The molecular weight excluding hydrogens is 316 g/mol. The number of para-hydroxylation sites is 2. The molecule has 0 aliphatic carbocycles. The molecule has 1 aliphatic rings. The Morgan fingerprint density at radius 2 is 1.88 bits per heavy atom. The third kappa shape index (κ3) is 4.97. The van der Waals surface area contributed by atoms with Crippen molar-refractivity contribution in [2.24, 2.45) is 11.3 Å². The summed E-state index contributed by atoms with van der Waals surface area (Å²) in [5.41, 5.74) is 0.529. The van der Waals surface area contributed by atoms with E-state index in [0.29, 0.717) is 12.3 Å². The van der Waals surface area contributed by atoms with Gasteiger partial charge < -0.3 is 15.0 Å². The number of amides is 2. The van der Waals surface area contributed by atoms with Crippen LogP contribution in [0.1, 0.15) is 47.5 Å². The van der Waals surface area contributed by atoms with Crippen LogP contribution in [0.15, 0.2) is 24.3 Å². The fourth-order valence-electron chi connectivity index (χ4n) is 3.77. The highest BCUT2D eigenvalue weighted by Gasteiger charge is 2.38. The molecule has 1 atom stereocenters. The van der Waals surface area contributed by atoms with Gasteiger partial charge in [0.1, 0.15) is 5.75 Å². The molecule has 1 unspecified atom stereocenters. The lowest BCUT2D eigenvalue weighted by atomic mass is 9.81. The van der Waals surface area contributed by atoms with E-state index < -0.39 is 0 Å². The van der Waals surface area contributed by atoms with E-state index in [1.54, 1.807) is 12.0 Å². The van der Waals surface area contributed by atoms with E-state index >= 15 is 0 Å². The molecule has 1 saturated heterocycles. The van der Waals surface area contributed by atoms with Crippen molar-refractivity contribution in [3.63, 3.8) is 0 Å². The van der Waals surface area contributed by atoms with E-state index in [9.17, 15) is 9.59 Å². The zero-order chi connectivity index (χ0) is 18.8. The Morgan fingerprint density at radius 1 is 1.24 bits per heavy atom. The van der Waals surface area contributed by atoms with Crippen molar-refractivity contribution in [3.05, 3.63) is 24.3 Å². The first kappa shape index (κ1) is 19.3. The number of hydrogen-bond donors (Lipinski definition) is 1. The number of nitrogens with zero attached hydrogens (tertiary/aromatic N) is 1. The Hall–Kier alpha value is -2.04. The normalized spacial score (nSPS) is 18.4. The molecule has 1 aromatic carbocycles. The molecule has 5 nitrogen and oxygen atoms in total. The van der Waals surface area contributed by atoms with Crippen LogP contribution in [0.4, 0.5) is 5.69 Å². The molecule has 5 heteroatoms. The number of methoxy groups -OCH3 is 1. The van der Waals surface area contributed by atoms with Gasteiger partial charge in [-0.3, -0.25) is 9.59 Å². The summed E-state index contributed by atoms with van der Waals surface area (Å²) in [7, 11) is 1.58. The summed E-state index contributed by atoms with van der Waals surface area (Å²) in [6.07, 6.45) is 1.10. The molecule has 2 amide bonds. The molecular formula is C20H30N2O3. The largest absolute Gasteiger partial charge is 0.495 e. The molecule has 1 N–H and O–H groups in total. The van der Waals surface area contributed by atoms with E-state index in [4.69, 9.17) is 4.74 Å². The van der Waals surface area contributed by atoms with Gasteiger partial charge in [-0.2, -0.15) is 0 Å². The lowest BCUT2D eigenvalue weighted by Crippen LogP contribution is -2.48. The van der Waals surface area contributed by atoms with Gasteiger partial charge in [0, 0.05) is 18.5 Å². The van der Waals surface area contributed by atoms with Gasteiger partial charge >= 0.3 is 0 Å². The molecule has 0 radical (unpaired) electrons. The Bertz CT molecular complexity index is 647. The first-order valence-electron chi connectivity index (χ1n) is 8.78. The summed E-state index contributed by atoms with van der Waals surface area (Å²) >= 11 is 0. The monoisotopic (exact) mass is 346 g/mol. The summed E-state index contributed by atoms with van der Waals surface area (Å²) in [6.45, 7) is 10.9. The first-order chi connectivity index (χ1) is 11.5. The van der Waals surface area contributed by atoms with Crippen LogP contribution in [0.3, 0.4) is 0 Å². The van der Waals surface area contributed by atoms with Crippen LogP contribution >= 0.6 is 0 Å². The third-order valence-electron chi connectivity index (χ3n) is 4.31. The van der Waals surface area contributed by atoms with Crippen molar-refractivity contribution in [3.8, 4) is 5.75 Å². The van der Waals surface area contributed by atoms with E-state index in [1.807, 2.05) is 38.1 Å². The minimum Gasteiger partial charge on any atom is -0.495 e. The van der Waals surface area contributed by atoms with Crippen molar-refractivity contribution in [1.82, 2.24) is 5.32 Å². The first-order valence-corrected chi connectivity index (χ1v) is 8.78. The zero-order valence-electron chi connectivity index (χ0n) is 16.2. The topological polar surface area (TPSA) is 58.6 Å². The van der Waals surface area contributed by atoms with Crippen LogP contribution in [0, 0.1) is 11.3 Å². The van der Waals surface area contributed by atoms with Crippen molar-refractivity contribution < 1.29 is 14.3 Å². The summed E-state index contributed by atoms with van der Waals surface area (Å²) in [4.78, 5) is 26.8. The smallest absolute Gasteiger partial charge is 0.227 e. The van der Waals surface area contributed by atoms with Crippen molar-refractivity contribution in [1.29, 1.82) is 0 Å². The minimum atomic E-state index is -0.336. The molecule has 25 heavy (non-hydrogen) atoms. The van der Waals surface area contributed by atoms with Crippen LogP contribution in [-0.2, 0) is 9.59 Å². The van der Waals surface area contributed by atoms with Gasteiger partial charge in [-0.1, -0.05) is 32.9 Å². The minimum absolute atomic E-state index is 0.0433. The zero-order valence-corrected chi connectivity index (χ0v) is 16.2. The van der Waals surface area contributed by atoms with Gasteiger partial charge in [-0.05, 0) is 37.8 Å². The van der Waals surface area contributed by atoms with Crippen LogP contribution < -0.4 is 15.0 Å². The number of benzene rings is 1. The lowest BCUT2D eigenvalue weighted by molar-refractivity contribution is -0.128. The summed E-state index contributed by atoms with van der Waals surface area (Å²) in [5.74, 6) is 0.208. The Labute approximate surface area is 150 Å². The Morgan fingerprint density at radius 3 is 2.48 bits per heavy atom. The molecule has 1 aromatic rings. The van der Waals surface area contributed by atoms with Gasteiger partial charge in [0.05, 0.1) is 18.7 Å².